The van der Waals surface area contributed by atoms with E-state index in [4.69, 9.17) is 4.74 Å². The van der Waals surface area contributed by atoms with Gasteiger partial charge in [0.2, 0.25) is 5.91 Å². The molecule has 0 spiro atoms. The van der Waals surface area contributed by atoms with Gasteiger partial charge in [-0.15, -0.1) is 0 Å². The Balaban J connectivity index is 1.93. The number of rotatable bonds is 7. The highest BCUT2D eigenvalue weighted by atomic mass is 16.5. The molecule has 2 amide bonds. The van der Waals surface area contributed by atoms with Gasteiger partial charge in [-0.2, -0.15) is 0 Å². The Morgan fingerprint density at radius 2 is 1.85 bits per heavy atom. The van der Waals surface area contributed by atoms with Crippen LogP contribution in [0.15, 0.2) is 42.5 Å². The second-order valence-corrected chi connectivity index (χ2v) is 6.32. The molecule has 2 aromatic rings. The van der Waals surface area contributed by atoms with Crippen LogP contribution < -0.4 is 10.1 Å². The molecule has 0 saturated heterocycles. The van der Waals surface area contributed by atoms with E-state index in [1.807, 2.05) is 63.2 Å². The molecule has 0 aromatic heterocycles. The molecular weight excluding hydrogens is 328 g/mol. The summed E-state index contributed by atoms with van der Waals surface area (Å²) in [6, 6.07) is 13.2. The number of hydrogen-bond donors (Lipinski definition) is 1. The molecule has 0 saturated carbocycles. The maximum atomic E-state index is 12.1. The van der Waals surface area contributed by atoms with E-state index in [-0.39, 0.29) is 18.4 Å². The first kappa shape index (κ1) is 19.5. The van der Waals surface area contributed by atoms with E-state index in [1.54, 1.807) is 11.8 Å². The van der Waals surface area contributed by atoms with Crippen LogP contribution in [-0.2, 0) is 16.1 Å². The zero-order valence-electron chi connectivity index (χ0n) is 15.8. The second kappa shape index (κ2) is 9.04. The first-order valence-corrected chi connectivity index (χ1v) is 8.73. The summed E-state index contributed by atoms with van der Waals surface area (Å²) >= 11 is 0. The van der Waals surface area contributed by atoms with Gasteiger partial charge in [-0.1, -0.05) is 18.2 Å². The van der Waals surface area contributed by atoms with Crippen LogP contribution in [0.25, 0.3) is 0 Å². The van der Waals surface area contributed by atoms with Gasteiger partial charge in [0.1, 0.15) is 5.75 Å². The number of carbonyl (C=O) groups is 2. The van der Waals surface area contributed by atoms with Gasteiger partial charge >= 0.3 is 0 Å². The highest BCUT2D eigenvalue weighted by molar-refractivity contribution is 5.91. The molecule has 2 aromatic carbocycles. The maximum Gasteiger partial charge on any atom is 0.262 e. The van der Waals surface area contributed by atoms with Crippen molar-refractivity contribution in [3.8, 4) is 5.75 Å². The highest BCUT2D eigenvalue weighted by Gasteiger charge is 2.09. The Hall–Kier alpha value is -2.82. The van der Waals surface area contributed by atoms with Crippen LogP contribution in [0.2, 0.25) is 0 Å². The molecule has 0 aliphatic rings. The van der Waals surface area contributed by atoms with Gasteiger partial charge in [0.25, 0.3) is 5.91 Å². The van der Waals surface area contributed by atoms with E-state index in [2.05, 4.69) is 5.32 Å². The molecule has 0 atom stereocenters. The molecule has 2 rings (SSSR count). The van der Waals surface area contributed by atoms with Crippen molar-refractivity contribution in [2.24, 2.45) is 0 Å². The van der Waals surface area contributed by atoms with Crippen LogP contribution in [0, 0.1) is 13.8 Å². The molecule has 0 heterocycles. The Bertz CT molecular complexity index is 787. The molecule has 0 aliphatic carbocycles. The third-order valence-corrected chi connectivity index (χ3v) is 4.26. The third kappa shape index (κ3) is 5.62. The highest BCUT2D eigenvalue weighted by Crippen LogP contribution is 2.17. The molecular formula is C21H26N2O3. The molecule has 0 bridgehead atoms. The van der Waals surface area contributed by atoms with Crippen molar-refractivity contribution in [1.82, 2.24) is 4.90 Å². The van der Waals surface area contributed by atoms with Crippen LogP contribution in [0.5, 0.6) is 5.75 Å². The van der Waals surface area contributed by atoms with Crippen LogP contribution in [0.1, 0.15) is 30.5 Å². The molecule has 1 N–H and O–H groups in total. The van der Waals surface area contributed by atoms with Gasteiger partial charge in [0, 0.05) is 25.7 Å². The molecule has 0 fully saturated rings. The Labute approximate surface area is 155 Å². The summed E-state index contributed by atoms with van der Waals surface area (Å²) in [6.45, 7) is 8.65. The number of nitrogens with zero attached hydrogens (tertiary/aromatic N) is 1. The quantitative estimate of drug-likeness (QED) is 0.825. The van der Waals surface area contributed by atoms with Crippen LogP contribution in [0.3, 0.4) is 0 Å². The topological polar surface area (TPSA) is 58.6 Å². The number of nitrogens with one attached hydrogen (secondary N) is 1. The van der Waals surface area contributed by atoms with Crippen LogP contribution >= 0.6 is 0 Å². The first-order valence-electron chi connectivity index (χ1n) is 8.73. The second-order valence-electron chi connectivity index (χ2n) is 6.32. The van der Waals surface area contributed by atoms with Crippen molar-refractivity contribution >= 4 is 17.5 Å². The van der Waals surface area contributed by atoms with Gasteiger partial charge in [-0.25, -0.2) is 0 Å². The minimum Gasteiger partial charge on any atom is -0.484 e. The number of benzene rings is 2. The number of aryl methyl sites for hydroxylation is 2. The van der Waals surface area contributed by atoms with Crippen molar-refractivity contribution in [2.45, 2.75) is 34.2 Å². The average molecular weight is 354 g/mol. The molecule has 26 heavy (non-hydrogen) atoms. The molecule has 0 radical (unpaired) electrons. The van der Waals surface area contributed by atoms with E-state index < -0.39 is 0 Å². The predicted octanol–water partition coefficient (Wildman–Crippen LogP) is 3.69. The van der Waals surface area contributed by atoms with Crippen molar-refractivity contribution in [3.05, 3.63) is 59.2 Å². The van der Waals surface area contributed by atoms with Crippen molar-refractivity contribution in [3.63, 3.8) is 0 Å². The predicted molar refractivity (Wildman–Crippen MR) is 103 cm³/mol. The molecule has 5 nitrogen and oxygen atoms in total. The van der Waals surface area contributed by atoms with Crippen molar-refractivity contribution in [2.75, 3.05) is 18.5 Å². The monoisotopic (exact) mass is 354 g/mol. The van der Waals surface area contributed by atoms with Gasteiger partial charge in [-0.05, 0) is 61.7 Å². The fourth-order valence-electron chi connectivity index (χ4n) is 2.56. The van der Waals surface area contributed by atoms with E-state index in [1.165, 1.54) is 5.56 Å². The van der Waals surface area contributed by atoms with Gasteiger partial charge < -0.3 is 15.0 Å². The van der Waals surface area contributed by atoms with E-state index in [0.717, 1.165) is 11.1 Å². The number of ether oxygens (including phenoxy) is 1. The number of anilines is 1. The smallest absolute Gasteiger partial charge is 0.262 e. The summed E-state index contributed by atoms with van der Waals surface area (Å²) in [5.41, 5.74) is 3.97. The molecule has 0 aliphatic heterocycles. The van der Waals surface area contributed by atoms with Crippen LogP contribution in [0.4, 0.5) is 5.69 Å². The lowest BCUT2D eigenvalue weighted by Gasteiger charge is -2.19. The lowest BCUT2D eigenvalue weighted by molar-refractivity contribution is -0.129. The summed E-state index contributed by atoms with van der Waals surface area (Å²) < 4.78 is 5.55. The zero-order valence-corrected chi connectivity index (χ0v) is 15.8. The first-order chi connectivity index (χ1) is 12.4. The van der Waals surface area contributed by atoms with Gasteiger partial charge in [0.05, 0.1) is 0 Å². The molecule has 138 valence electrons. The minimum atomic E-state index is -0.223. The van der Waals surface area contributed by atoms with E-state index >= 15 is 0 Å². The third-order valence-electron chi connectivity index (χ3n) is 4.26. The number of carbonyl (C=O) groups excluding carboxylic acids is 2. The van der Waals surface area contributed by atoms with Crippen LogP contribution in [-0.4, -0.2) is 29.9 Å². The minimum absolute atomic E-state index is 0.0312. The Kier molecular flexibility index (Phi) is 6.78. The van der Waals surface area contributed by atoms with Gasteiger partial charge in [-0.3, -0.25) is 9.59 Å². The average Bonchev–Trinajstić information content (AvgIpc) is 2.60. The summed E-state index contributed by atoms with van der Waals surface area (Å²) in [4.78, 5) is 25.4. The summed E-state index contributed by atoms with van der Waals surface area (Å²) in [5, 5.41) is 2.83. The SMILES string of the molecule is CCN(Cc1cccc(NC(=O)COc2ccc(C)c(C)c2)c1)C(C)=O. The molecule has 0 unspecified atom stereocenters. The number of hydrogen-bond acceptors (Lipinski definition) is 3. The van der Waals surface area contributed by atoms with Crippen molar-refractivity contribution < 1.29 is 14.3 Å². The summed E-state index contributed by atoms with van der Waals surface area (Å²) in [7, 11) is 0. The summed E-state index contributed by atoms with van der Waals surface area (Å²) in [6.07, 6.45) is 0. The summed E-state index contributed by atoms with van der Waals surface area (Å²) in [5.74, 6) is 0.486. The van der Waals surface area contributed by atoms with E-state index in [9.17, 15) is 9.59 Å². The maximum absolute atomic E-state index is 12.1. The lowest BCUT2D eigenvalue weighted by Crippen LogP contribution is -2.27. The fraction of sp³-hybridized carbons (Fsp3) is 0.333. The standard InChI is InChI=1S/C21H26N2O3/c1-5-23(17(4)24)13-18-7-6-8-19(12-18)22-21(25)14-26-20-10-9-15(2)16(3)11-20/h6-12H,5,13-14H2,1-4H3,(H,22,25). The largest absolute Gasteiger partial charge is 0.484 e. The van der Waals surface area contributed by atoms with Crippen molar-refractivity contribution in [1.29, 1.82) is 0 Å². The Morgan fingerprint density at radius 1 is 1.08 bits per heavy atom. The lowest BCUT2D eigenvalue weighted by atomic mass is 10.1. The number of amides is 2. The zero-order chi connectivity index (χ0) is 19.1. The van der Waals surface area contributed by atoms with E-state index in [0.29, 0.717) is 24.5 Å². The normalized spacial score (nSPS) is 10.3. The van der Waals surface area contributed by atoms with Gasteiger partial charge in [0.15, 0.2) is 6.61 Å². The Morgan fingerprint density at radius 3 is 2.50 bits per heavy atom. The molecule has 5 heteroatoms. The fourth-order valence-corrected chi connectivity index (χ4v) is 2.56.